The molecule has 150 valence electrons. The third-order valence-electron chi connectivity index (χ3n) is 4.60. The van der Waals surface area contributed by atoms with E-state index in [9.17, 15) is 9.59 Å². The van der Waals surface area contributed by atoms with Gasteiger partial charge in [0.05, 0.1) is 10.0 Å². The lowest BCUT2D eigenvalue weighted by Gasteiger charge is -2.29. The van der Waals surface area contributed by atoms with Gasteiger partial charge in [0.1, 0.15) is 6.04 Å². The number of benzene rings is 2. The van der Waals surface area contributed by atoms with E-state index < -0.39 is 6.04 Å². The minimum Gasteiger partial charge on any atom is -0.355 e. The van der Waals surface area contributed by atoms with Crippen LogP contribution in [0, 0.1) is 6.92 Å². The minimum atomic E-state index is -0.583. The predicted octanol–water partition coefficient (Wildman–Crippen LogP) is 4.79. The molecule has 0 radical (unpaired) electrons. The quantitative estimate of drug-likeness (QED) is 0.667. The summed E-state index contributed by atoms with van der Waals surface area (Å²) >= 11 is 12.1. The van der Waals surface area contributed by atoms with Crippen molar-refractivity contribution < 1.29 is 9.59 Å². The highest BCUT2D eigenvalue weighted by atomic mass is 35.5. The smallest absolute Gasteiger partial charge is 0.242 e. The molecular formula is C22H26Cl2N2O2. The lowest BCUT2D eigenvalue weighted by molar-refractivity contribution is -0.140. The number of hydrogen-bond acceptors (Lipinski definition) is 2. The first kappa shape index (κ1) is 22.3. The summed E-state index contributed by atoms with van der Waals surface area (Å²) in [5, 5.41) is 3.67. The molecule has 0 saturated heterocycles. The molecule has 0 bridgehead atoms. The van der Waals surface area contributed by atoms with Crippen LogP contribution in [0.5, 0.6) is 0 Å². The van der Waals surface area contributed by atoms with Gasteiger partial charge in [0.15, 0.2) is 0 Å². The number of amides is 2. The van der Waals surface area contributed by atoms with Gasteiger partial charge in [-0.25, -0.2) is 0 Å². The molecule has 2 amide bonds. The van der Waals surface area contributed by atoms with E-state index >= 15 is 0 Å². The molecule has 0 aliphatic rings. The second-order valence-electron chi connectivity index (χ2n) is 6.83. The molecule has 0 saturated carbocycles. The van der Waals surface area contributed by atoms with Gasteiger partial charge in [-0.15, -0.1) is 0 Å². The third kappa shape index (κ3) is 6.25. The van der Waals surface area contributed by atoms with Crippen molar-refractivity contribution in [2.24, 2.45) is 0 Å². The third-order valence-corrected chi connectivity index (χ3v) is 5.34. The van der Waals surface area contributed by atoms with Crippen molar-refractivity contribution in [1.29, 1.82) is 0 Å². The van der Waals surface area contributed by atoms with Gasteiger partial charge in [0.25, 0.3) is 0 Å². The van der Waals surface area contributed by atoms with Crippen LogP contribution in [0.2, 0.25) is 10.0 Å². The Balaban J connectivity index is 2.15. The Morgan fingerprint density at radius 3 is 2.29 bits per heavy atom. The van der Waals surface area contributed by atoms with E-state index in [4.69, 9.17) is 23.2 Å². The van der Waals surface area contributed by atoms with E-state index in [0.717, 1.165) is 11.1 Å². The molecule has 2 aromatic rings. The summed E-state index contributed by atoms with van der Waals surface area (Å²) in [6.07, 6.45) is 0.952. The molecule has 28 heavy (non-hydrogen) atoms. The fourth-order valence-electron chi connectivity index (χ4n) is 2.89. The van der Waals surface area contributed by atoms with E-state index in [2.05, 4.69) is 5.32 Å². The molecule has 0 spiro atoms. The maximum absolute atomic E-state index is 13.0. The Labute approximate surface area is 176 Å². The average molecular weight is 421 g/mol. The SMILES string of the molecule is CCNC(=O)[C@H](C)N(Cc1ccc(Cl)c(Cl)c1)C(=O)CCc1ccc(C)cc1. The van der Waals surface area contributed by atoms with Crippen molar-refractivity contribution in [3.05, 3.63) is 69.2 Å². The highest BCUT2D eigenvalue weighted by Gasteiger charge is 2.25. The molecule has 0 heterocycles. The van der Waals surface area contributed by atoms with Gasteiger partial charge in [-0.1, -0.05) is 59.1 Å². The van der Waals surface area contributed by atoms with Crippen LogP contribution in [0.15, 0.2) is 42.5 Å². The van der Waals surface area contributed by atoms with Crippen LogP contribution in [0.4, 0.5) is 0 Å². The largest absolute Gasteiger partial charge is 0.355 e. The Bertz CT molecular complexity index is 822. The normalized spacial score (nSPS) is 11.8. The van der Waals surface area contributed by atoms with Crippen LogP contribution in [0.25, 0.3) is 0 Å². The Kier molecular flexibility index (Phi) is 8.34. The number of nitrogens with zero attached hydrogens (tertiary/aromatic N) is 1. The number of halogens is 2. The number of likely N-dealkylation sites (N-methyl/N-ethyl adjacent to an activating group) is 1. The summed E-state index contributed by atoms with van der Waals surface area (Å²) in [6, 6.07) is 12.8. The summed E-state index contributed by atoms with van der Waals surface area (Å²) < 4.78 is 0. The summed E-state index contributed by atoms with van der Waals surface area (Å²) in [7, 11) is 0. The molecule has 6 heteroatoms. The van der Waals surface area contributed by atoms with Crippen LogP contribution >= 0.6 is 23.2 Å². The zero-order valence-electron chi connectivity index (χ0n) is 16.5. The molecule has 0 aromatic heterocycles. The Hall–Kier alpha value is -2.04. The Morgan fingerprint density at radius 1 is 1.04 bits per heavy atom. The zero-order valence-corrected chi connectivity index (χ0v) is 18.0. The maximum Gasteiger partial charge on any atom is 0.242 e. The second-order valence-corrected chi connectivity index (χ2v) is 7.64. The van der Waals surface area contributed by atoms with E-state index in [1.54, 1.807) is 24.0 Å². The maximum atomic E-state index is 13.0. The van der Waals surface area contributed by atoms with Gasteiger partial charge in [-0.2, -0.15) is 0 Å². The van der Waals surface area contributed by atoms with Crippen LogP contribution in [0.1, 0.15) is 37.0 Å². The van der Waals surface area contributed by atoms with Crippen LogP contribution in [-0.4, -0.2) is 29.3 Å². The van der Waals surface area contributed by atoms with Gasteiger partial charge in [0.2, 0.25) is 11.8 Å². The topological polar surface area (TPSA) is 49.4 Å². The van der Waals surface area contributed by atoms with Crippen molar-refractivity contribution in [3.8, 4) is 0 Å². The molecule has 0 fully saturated rings. The highest BCUT2D eigenvalue weighted by molar-refractivity contribution is 6.42. The van der Waals surface area contributed by atoms with Crippen molar-refractivity contribution in [2.45, 2.75) is 46.2 Å². The second kappa shape index (κ2) is 10.5. The minimum absolute atomic E-state index is 0.0783. The van der Waals surface area contributed by atoms with E-state index in [0.29, 0.717) is 36.0 Å². The summed E-state index contributed by atoms with van der Waals surface area (Å²) in [6.45, 7) is 6.44. The number of rotatable bonds is 8. The zero-order chi connectivity index (χ0) is 20.7. The van der Waals surface area contributed by atoms with Crippen LogP contribution in [-0.2, 0) is 22.6 Å². The van der Waals surface area contributed by atoms with Gasteiger partial charge < -0.3 is 10.2 Å². The molecule has 0 unspecified atom stereocenters. The molecule has 2 aromatic carbocycles. The first-order chi connectivity index (χ1) is 13.3. The lowest BCUT2D eigenvalue weighted by Crippen LogP contribution is -2.47. The van der Waals surface area contributed by atoms with E-state index in [-0.39, 0.29) is 11.8 Å². The molecule has 0 aliphatic heterocycles. The van der Waals surface area contributed by atoms with Crippen LogP contribution < -0.4 is 5.32 Å². The van der Waals surface area contributed by atoms with Crippen LogP contribution in [0.3, 0.4) is 0 Å². The summed E-state index contributed by atoms with van der Waals surface area (Å²) in [5.74, 6) is -0.253. The molecular weight excluding hydrogens is 395 g/mol. The lowest BCUT2D eigenvalue weighted by atomic mass is 10.1. The first-order valence-electron chi connectivity index (χ1n) is 9.38. The number of nitrogens with one attached hydrogen (secondary N) is 1. The fraction of sp³-hybridized carbons (Fsp3) is 0.364. The van der Waals surface area contributed by atoms with Crippen molar-refractivity contribution in [1.82, 2.24) is 10.2 Å². The van der Waals surface area contributed by atoms with E-state index in [1.165, 1.54) is 5.56 Å². The highest BCUT2D eigenvalue weighted by Crippen LogP contribution is 2.24. The van der Waals surface area contributed by atoms with Gasteiger partial charge in [0, 0.05) is 19.5 Å². The van der Waals surface area contributed by atoms with Gasteiger partial charge in [-0.05, 0) is 50.5 Å². The molecule has 2 rings (SSSR count). The molecule has 4 nitrogen and oxygen atoms in total. The first-order valence-corrected chi connectivity index (χ1v) is 10.1. The van der Waals surface area contributed by atoms with Crippen molar-refractivity contribution in [3.63, 3.8) is 0 Å². The van der Waals surface area contributed by atoms with Gasteiger partial charge >= 0.3 is 0 Å². The predicted molar refractivity (Wildman–Crippen MR) is 115 cm³/mol. The van der Waals surface area contributed by atoms with Crippen molar-refractivity contribution in [2.75, 3.05) is 6.54 Å². The monoisotopic (exact) mass is 420 g/mol. The fourth-order valence-corrected chi connectivity index (χ4v) is 3.21. The molecule has 0 aliphatic carbocycles. The van der Waals surface area contributed by atoms with E-state index in [1.807, 2.05) is 44.2 Å². The van der Waals surface area contributed by atoms with Crippen molar-refractivity contribution >= 4 is 35.0 Å². The number of carbonyl (C=O) groups is 2. The number of hydrogen-bond donors (Lipinski definition) is 1. The standard InChI is InChI=1S/C22H26Cl2N2O2/c1-4-25-22(28)16(3)26(14-18-9-11-19(23)20(24)13-18)21(27)12-10-17-7-5-15(2)6-8-17/h5-9,11,13,16H,4,10,12,14H2,1-3H3,(H,25,28)/t16-/m0/s1. The molecule has 1 atom stereocenters. The average Bonchev–Trinajstić information content (AvgIpc) is 2.67. The summed E-state index contributed by atoms with van der Waals surface area (Å²) in [5.41, 5.74) is 3.11. The van der Waals surface area contributed by atoms with Gasteiger partial charge in [-0.3, -0.25) is 9.59 Å². The summed E-state index contributed by atoms with van der Waals surface area (Å²) in [4.78, 5) is 26.9. The number of aryl methyl sites for hydroxylation is 2. The molecule has 1 N–H and O–H groups in total. The number of carbonyl (C=O) groups excluding carboxylic acids is 2. The Morgan fingerprint density at radius 2 is 1.68 bits per heavy atom.